The van der Waals surface area contributed by atoms with Gasteiger partial charge in [0.25, 0.3) is 5.91 Å². The van der Waals surface area contributed by atoms with Crippen LogP contribution >= 0.6 is 0 Å². The Bertz CT molecular complexity index is 1100. The highest BCUT2D eigenvalue weighted by Crippen LogP contribution is 2.41. The molecule has 0 aliphatic carbocycles. The zero-order valence-corrected chi connectivity index (χ0v) is 29.2. The predicted molar refractivity (Wildman–Crippen MR) is 181 cm³/mol. The lowest BCUT2D eigenvalue weighted by Crippen LogP contribution is -2.40. The molecule has 1 amide bonds. The van der Waals surface area contributed by atoms with Crippen LogP contribution in [0, 0.1) is 18.8 Å². The molecule has 2 N–H and O–H groups in total. The van der Waals surface area contributed by atoms with Crippen molar-refractivity contribution in [2.24, 2.45) is 11.8 Å². The maximum atomic E-state index is 13.3. The number of aryl methyl sites for hydroxylation is 2. The SMILES string of the molecule is CCN(CC)CCCNC(=O)c1cc(C(CC)(CC)c2ccc(OCCCCC(O)(C(C)C)C(C)C)c(C)c2)cn1CC. The van der Waals surface area contributed by atoms with E-state index in [4.69, 9.17) is 4.74 Å². The highest BCUT2D eigenvalue weighted by atomic mass is 16.5. The third-order valence-electron chi connectivity index (χ3n) is 10.0. The number of unbranched alkanes of at least 4 members (excludes halogenated alkanes) is 1. The van der Waals surface area contributed by atoms with Crippen molar-refractivity contribution in [3.63, 3.8) is 0 Å². The Kier molecular flexibility index (Phi) is 14.8. The molecule has 0 fully saturated rings. The zero-order valence-electron chi connectivity index (χ0n) is 29.2. The largest absolute Gasteiger partial charge is 0.493 e. The van der Waals surface area contributed by atoms with E-state index in [2.05, 4.69) is 114 Å². The van der Waals surface area contributed by atoms with Gasteiger partial charge in [-0.3, -0.25) is 4.79 Å². The van der Waals surface area contributed by atoms with Crippen molar-refractivity contribution in [1.82, 2.24) is 14.8 Å². The second-order valence-electron chi connectivity index (χ2n) is 12.9. The number of nitrogens with one attached hydrogen (secondary N) is 1. The molecule has 0 unspecified atom stereocenters. The molecule has 6 nitrogen and oxygen atoms in total. The molecule has 2 aromatic rings. The fraction of sp³-hybridized carbons (Fsp3) is 0.703. The molecule has 43 heavy (non-hydrogen) atoms. The van der Waals surface area contributed by atoms with Gasteiger partial charge in [-0.2, -0.15) is 0 Å². The monoisotopic (exact) mass is 597 g/mol. The van der Waals surface area contributed by atoms with E-state index in [9.17, 15) is 9.90 Å². The molecule has 0 bridgehead atoms. The Morgan fingerprint density at radius 1 is 0.953 bits per heavy atom. The quantitative estimate of drug-likeness (QED) is 0.152. The van der Waals surface area contributed by atoms with E-state index in [1.165, 1.54) is 11.1 Å². The Balaban J connectivity index is 2.14. The average molecular weight is 598 g/mol. The summed E-state index contributed by atoms with van der Waals surface area (Å²) in [4.78, 5) is 15.6. The molecule has 0 radical (unpaired) electrons. The fourth-order valence-corrected chi connectivity index (χ4v) is 6.64. The summed E-state index contributed by atoms with van der Waals surface area (Å²) in [5.74, 6) is 1.41. The highest BCUT2D eigenvalue weighted by Gasteiger charge is 2.34. The molecule has 0 aliphatic heterocycles. The fourth-order valence-electron chi connectivity index (χ4n) is 6.64. The number of nitrogens with zero attached hydrogens (tertiary/aromatic N) is 2. The van der Waals surface area contributed by atoms with Crippen LogP contribution < -0.4 is 10.1 Å². The second kappa shape index (κ2) is 17.2. The van der Waals surface area contributed by atoms with Gasteiger partial charge in [-0.1, -0.05) is 67.5 Å². The van der Waals surface area contributed by atoms with E-state index < -0.39 is 5.60 Å². The van der Waals surface area contributed by atoms with E-state index in [1.807, 2.05) is 0 Å². The summed E-state index contributed by atoms with van der Waals surface area (Å²) < 4.78 is 8.32. The lowest BCUT2D eigenvalue weighted by atomic mass is 9.71. The summed E-state index contributed by atoms with van der Waals surface area (Å²) in [7, 11) is 0. The van der Waals surface area contributed by atoms with Gasteiger partial charge in [0.1, 0.15) is 11.4 Å². The van der Waals surface area contributed by atoms with Crippen LogP contribution in [0.25, 0.3) is 0 Å². The summed E-state index contributed by atoms with van der Waals surface area (Å²) in [6.07, 6.45) is 7.68. The second-order valence-corrected chi connectivity index (χ2v) is 12.9. The number of hydrogen-bond acceptors (Lipinski definition) is 4. The highest BCUT2D eigenvalue weighted by molar-refractivity contribution is 5.93. The van der Waals surface area contributed by atoms with Crippen LogP contribution in [0.5, 0.6) is 5.75 Å². The van der Waals surface area contributed by atoms with E-state index in [1.54, 1.807) is 0 Å². The van der Waals surface area contributed by atoms with Crippen molar-refractivity contribution in [1.29, 1.82) is 0 Å². The predicted octanol–water partition coefficient (Wildman–Crippen LogP) is 7.98. The van der Waals surface area contributed by atoms with Gasteiger partial charge in [0.2, 0.25) is 0 Å². The van der Waals surface area contributed by atoms with Gasteiger partial charge in [-0.15, -0.1) is 0 Å². The van der Waals surface area contributed by atoms with Crippen molar-refractivity contribution in [3.05, 3.63) is 52.8 Å². The molecule has 1 heterocycles. The van der Waals surface area contributed by atoms with Crippen LogP contribution in [0.1, 0.15) is 128 Å². The number of ether oxygens (including phenoxy) is 1. The molecule has 0 aliphatic rings. The van der Waals surface area contributed by atoms with Crippen molar-refractivity contribution in [2.75, 3.05) is 32.8 Å². The minimum Gasteiger partial charge on any atom is -0.493 e. The Labute approximate surface area is 263 Å². The van der Waals surface area contributed by atoms with E-state index in [-0.39, 0.29) is 23.2 Å². The smallest absolute Gasteiger partial charge is 0.267 e. The first-order valence-corrected chi connectivity index (χ1v) is 17.1. The molecular formula is C37H63N3O3. The minimum absolute atomic E-state index is 0.00825. The number of carbonyl (C=O) groups excluding carboxylic acids is 1. The molecule has 0 saturated heterocycles. The number of rotatable bonds is 20. The maximum Gasteiger partial charge on any atom is 0.267 e. The van der Waals surface area contributed by atoms with Gasteiger partial charge < -0.3 is 24.6 Å². The van der Waals surface area contributed by atoms with Crippen molar-refractivity contribution >= 4 is 5.91 Å². The lowest BCUT2D eigenvalue weighted by Gasteiger charge is -2.36. The number of aliphatic hydroxyl groups is 1. The summed E-state index contributed by atoms with van der Waals surface area (Å²) in [5.41, 5.74) is 3.53. The van der Waals surface area contributed by atoms with Crippen LogP contribution in [-0.2, 0) is 12.0 Å². The van der Waals surface area contributed by atoms with Crippen LogP contribution in [0.3, 0.4) is 0 Å². The molecule has 244 valence electrons. The number of hydrogen-bond donors (Lipinski definition) is 2. The van der Waals surface area contributed by atoms with E-state index in [0.717, 1.165) is 81.7 Å². The van der Waals surface area contributed by atoms with Gasteiger partial charge in [0, 0.05) is 24.7 Å². The Morgan fingerprint density at radius 3 is 2.14 bits per heavy atom. The van der Waals surface area contributed by atoms with Crippen molar-refractivity contribution in [2.45, 2.75) is 125 Å². The Morgan fingerprint density at radius 2 is 1.60 bits per heavy atom. The summed E-state index contributed by atoms with van der Waals surface area (Å²) in [5, 5.41) is 14.2. The van der Waals surface area contributed by atoms with Crippen molar-refractivity contribution in [3.8, 4) is 5.75 Å². The topological polar surface area (TPSA) is 66.7 Å². The zero-order chi connectivity index (χ0) is 32.2. The van der Waals surface area contributed by atoms with Crippen LogP contribution in [0.15, 0.2) is 30.5 Å². The molecule has 1 aromatic heterocycles. The van der Waals surface area contributed by atoms with Crippen LogP contribution in [0.4, 0.5) is 0 Å². The normalized spacial score (nSPS) is 12.5. The summed E-state index contributed by atoms with van der Waals surface area (Å²) >= 11 is 0. The van der Waals surface area contributed by atoms with Crippen LogP contribution in [0.2, 0.25) is 0 Å². The first-order chi connectivity index (χ1) is 20.4. The summed E-state index contributed by atoms with van der Waals surface area (Å²) in [6.45, 7) is 26.7. The maximum absolute atomic E-state index is 13.3. The molecule has 6 heteroatoms. The third kappa shape index (κ3) is 9.11. The number of carbonyl (C=O) groups is 1. The molecular weight excluding hydrogens is 534 g/mol. The van der Waals surface area contributed by atoms with Gasteiger partial charge in [0.05, 0.1) is 12.2 Å². The lowest BCUT2D eigenvalue weighted by molar-refractivity contribution is -0.0558. The minimum atomic E-state index is -0.621. The van der Waals surface area contributed by atoms with Gasteiger partial charge in [0.15, 0.2) is 0 Å². The van der Waals surface area contributed by atoms with Crippen molar-refractivity contribution < 1.29 is 14.6 Å². The number of amides is 1. The van der Waals surface area contributed by atoms with E-state index >= 15 is 0 Å². The average Bonchev–Trinajstić information content (AvgIpc) is 3.43. The molecule has 0 saturated carbocycles. The first kappa shape index (κ1) is 36.9. The molecule has 0 atom stereocenters. The standard InChI is InChI=1S/C37H63N3O3/c1-11-36(12-2,32-26-33(40(15-5)27-32)35(41)38-22-18-23-39(13-3)14-4)31-19-20-34(30(10)25-31)43-24-17-16-21-37(42,28(6)7)29(8)9/h19-20,25-29,42H,11-18,21-24H2,1-10H3,(H,38,41). The van der Waals surface area contributed by atoms with Gasteiger partial charge >= 0.3 is 0 Å². The number of benzene rings is 1. The molecule has 1 aromatic carbocycles. The van der Waals surface area contributed by atoms with Crippen LogP contribution in [-0.4, -0.2) is 58.9 Å². The van der Waals surface area contributed by atoms with Gasteiger partial charge in [-0.05, 0) is 113 Å². The molecule has 2 rings (SSSR count). The third-order valence-corrected chi connectivity index (χ3v) is 10.0. The van der Waals surface area contributed by atoms with Gasteiger partial charge in [-0.25, -0.2) is 0 Å². The molecule has 0 spiro atoms. The number of aromatic nitrogens is 1. The Hall–Kier alpha value is -2.31. The first-order valence-electron chi connectivity index (χ1n) is 17.1. The van der Waals surface area contributed by atoms with E-state index in [0.29, 0.717) is 13.2 Å². The summed E-state index contributed by atoms with van der Waals surface area (Å²) in [6, 6.07) is 8.71.